The fourth-order valence-corrected chi connectivity index (χ4v) is 2.59. The number of hydrogen-bond donors (Lipinski definition) is 4. The number of amides is 3. The Morgan fingerprint density at radius 1 is 0.938 bits per heavy atom. The molecule has 1 unspecified atom stereocenters. The van der Waals surface area contributed by atoms with E-state index in [1.165, 1.54) is 38.3 Å². The van der Waals surface area contributed by atoms with Gasteiger partial charge in [-0.1, -0.05) is 26.0 Å². The molecule has 1 aromatic carbocycles. The highest BCUT2D eigenvalue weighted by Gasteiger charge is 2.29. The summed E-state index contributed by atoms with van der Waals surface area (Å²) in [6.07, 6.45) is -2.15. The molecule has 0 aliphatic carbocycles. The molecule has 3 amide bonds. The fourth-order valence-electron chi connectivity index (χ4n) is 2.59. The highest BCUT2D eigenvalue weighted by atomic mass is 16.6. The molecule has 1 rings (SSSR count). The lowest BCUT2D eigenvalue weighted by molar-refractivity contribution is -0.150. The SMILES string of the molecule is COC(=O)C(O)c1ccc(NC(=O)[C@H](C)NC(=O)[C@@H](NC(=O)OC(C)(C)C)C(C)C)cc1. The van der Waals surface area contributed by atoms with Crippen LogP contribution in [0.15, 0.2) is 24.3 Å². The number of nitrogens with one attached hydrogen (secondary N) is 3. The zero-order chi connectivity index (χ0) is 24.6. The molecule has 0 fully saturated rings. The topological polar surface area (TPSA) is 143 Å². The van der Waals surface area contributed by atoms with E-state index in [4.69, 9.17) is 4.74 Å². The third-order valence-corrected chi connectivity index (χ3v) is 4.29. The van der Waals surface area contributed by atoms with Crippen LogP contribution < -0.4 is 16.0 Å². The number of benzene rings is 1. The number of ether oxygens (including phenoxy) is 2. The number of alkyl carbamates (subject to hydrolysis) is 1. The Hall–Kier alpha value is -3.14. The molecular formula is C22H33N3O7. The van der Waals surface area contributed by atoms with Crippen molar-refractivity contribution in [1.29, 1.82) is 0 Å². The minimum absolute atomic E-state index is 0.244. The third-order valence-electron chi connectivity index (χ3n) is 4.29. The maximum Gasteiger partial charge on any atom is 0.408 e. The van der Waals surface area contributed by atoms with Crippen LogP contribution >= 0.6 is 0 Å². The molecule has 0 saturated heterocycles. The molecule has 0 aliphatic rings. The molecule has 0 aromatic heterocycles. The zero-order valence-corrected chi connectivity index (χ0v) is 19.5. The first kappa shape index (κ1) is 26.9. The molecule has 32 heavy (non-hydrogen) atoms. The van der Waals surface area contributed by atoms with Crippen LogP contribution in [0.3, 0.4) is 0 Å². The van der Waals surface area contributed by atoms with Crippen molar-refractivity contribution in [3.63, 3.8) is 0 Å². The van der Waals surface area contributed by atoms with Crippen molar-refractivity contribution in [2.24, 2.45) is 5.92 Å². The smallest absolute Gasteiger partial charge is 0.408 e. The monoisotopic (exact) mass is 451 g/mol. The molecule has 4 N–H and O–H groups in total. The Balaban J connectivity index is 2.72. The normalized spacial score (nSPS) is 14.0. The average Bonchev–Trinajstić information content (AvgIpc) is 2.69. The molecule has 0 bridgehead atoms. The Bertz CT molecular complexity index is 816. The van der Waals surface area contributed by atoms with E-state index >= 15 is 0 Å². The summed E-state index contributed by atoms with van der Waals surface area (Å²) < 4.78 is 9.67. The first-order valence-corrected chi connectivity index (χ1v) is 10.2. The Morgan fingerprint density at radius 2 is 1.50 bits per heavy atom. The number of aliphatic hydroxyl groups excluding tert-OH is 1. The van der Waals surface area contributed by atoms with Crippen molar-refractivity contribution < 1.29 is 33.8 Å². The van der Waals surface area contributed by atoms with Gasteiger partial charge in [0.05, 0.1) is 7.11 Å². The van der Waals surface area contributed by atoms with Gasteiger partial charge in [-0.2, -0.15) is 0 Å². The van der Waals surface area contributed by atoms with E-state index in [-0.39, 0.29) is 5.92 Å². The van der Waals surface area contributed by atoms with E-state index in [0.29, 0.717) is 11.3 Å². The van der Waals surface area contributed by atoms with E-state index in [1.54, 1.807) is 34.6 Å². The summed E-state index contributed by atoms with van der Waals surface area (Å²) in [7, 11) is 1.17. The number of carbonyl (C=O) groups excluding carboxylic acids is 4. The van der Waals surface area contributed by atoms with Gasteiger partial charge < -0.3 is 30.5 Å². The molecular weight excluding hydrogens is 418 g/mol. The standard InChI is InChI=1S/C22H33N3O7/c1-12(2)16(25-21(30)32-22(4,5)6)19(28)23-13(3)18(27)24-15-10-8-14(9-11-15)17(26)20(29)31-7/h8-13,16-17,26H,1-7H3,(H,23,28)(H,24,27)(H,25,30)/t13-,16-,17?/m0/s1. The van der Waals surface area contributed by atoms with E-state index in [1.807, 2.05) is 0 Å². The number of methoxy groups -OCH3 is 1. The zero-order valence-electron chi connectivity index (χ0n) is 19.5. The fraction of sp³-hybridized carbons (Fsp3) is 0.545. The molecule has 10 heteroatoms. The molecule has 1 aromatic rings. The Morgan fingerprint density at radius 3 is 1.97 bits per heavy atom. The highest BCUT2D eigenvalue weighted by Crippen LogP contribution is 2.17. The first-order chi connectivity index (χ1) is 14.7. The first-order valence-electron chi connectivity index (χ1n) is 10.2. The summed E-state index contributed by atoms with van der Waals surface area (Å²) in [5, 5.41) is 17.6. The number of carbonyl (C=O) groups is 4. The predicted molar refractivity (Wildman–Crippen MR) is 118 cm³/mol. The van der Waals surface area contributed by atoms with Crippen LogP contribution in [0.25, 0.3) is 0 Å². The van der Waals surface area contributed by atoms with Crippen molar-refractivity contribution in [3.05, 3.63) is 29.8 Å². The minimum atomic E-state index is -1.42. The van der Waals surface area contributed by atoms with Gasteiger partial charge in [-0.15, -0.1) is 0 Å². The van der Waals surface area contributed by atoms with Crippen LogP contribution in [0.1, 0.15) is 53.2 Å². The lowest BCUT2D eigenvalue weighted by atomic mass is 10.0. The van der Waals surface area contributed by atoms with Crippen LogP contribution in [-0.2, 0) is 23.9 Å². The van der Waals surface area contributed by atoms with Crippen molar-refractivity contribution in [2.75, 3.05) is 12.4 Å². The van der Waals surface area contributed by atoms with Gasteiger partial charge in [-0.05, 0) is 51.3 Å². The van der Waals surface area contributed by atoms with E-state index in [0.717, 1.165) is 0 Å². The molecule has 10 nitrogen and oxygen atoms in total. The molecule has 0 aliphatic heterocycles. The molecule has 3 atom stereocenters. The molecule has 0 spiro atoms. The summed E-state index contributed by atoms with van der Waals surface area (Å²) in [5.41, 5.74) is 0.00550. The van der Waals surface area contributed by atoms with E-state index < -0.39 is 47.7 Å². The second-order valence-corrected chi connectivity index (χ2v) is 8.64. The summed E-state index contributed by atoms with van der Waals surface area (Å²) in [6, 6.07) is 4.17. The summed E-state index contributed by atoms with van der Waals surface area (Å²) >= 11 is 0. The highest BCUT2D eigenvalue weighted by molar-refractivity contribution is 5.98. The second-order valence-electron chi connectivity index (χ2n) is 8.64. The van der Waals surface area contributed by atoms with Crippen molar-refractivity contribution in [2.45, 2.75) is 65.3 Å². The van der Waals surface area contributed by atoms with Gasteiger partial charge in [-0.3, -0.25) is 9.59 Å². The second kappa shape index (κ2) is 11.5. The van der Waals surface area contributed by atoms with Crippen LogP contribution in [0, 0.1) is 5.92 Å². The number of rotatable bonds is 8. The van der Waals surface area contributed by atoms with Gasteiger partial charge in [0.1, 0.15) is 17.7 Å². The van der Waals surface area contributed by atoms with Gasteiger partial charge in [0.2, 0.25) is 11.8 Å². The van der Waals surface area contributed by atoms with Gasteiger partial charge in [0, 0.05) is 5.69 Å². The largest absolute Gasteiger partial charge is 0.467 e. The van der Waals surface area contributed by atoms with Gasteiger partial charge in [-0.25, -0.2) is 9.59 Å². The van der Waals surface area contributed by atoms with Crippen molar-refractivity contribution >= 4 is 29.6 Å². The number of esters is 1. The lowest BCUT2D eigenvalue weighted by Gasteiger charge is -2.26. The molecule has 178 valence electrons. The molecule has 0 radical (unpaired) electrons. The van der Waals surface area contributed by atoms with E-state index in [9.17, 15) is 24.3 Å². The summed E-state index contributed by atoms with van der Waals surface area (Å²) in [4.78, 5) is 48.5. The quantitative estimate of drug-likeness (QED) is 0.442. The van der Waals surface area contributed by atoms with Crippen molar-refractivity contribution in [3.8, 4) is 0 Å². The number of aliphatic hydroxyl groups is 1. The van der Waals surface area contributed by atoms with Gasteiger partial charge in [0.15, 0.2) is 6.10 Å². The number of anilines is 1. The lowest BCUT2D eigenvalue weighted by Crippen LogP contribution is -2.54. The van der Waals surface area contributed by atoms with Gasteiger partial charge in [0.25, 0.3) is 0 Å². The number of hydrogen-bond acceptors (Lipinski definition) is 7. The molecule has 0 heterocycles. The summed E-state index contributed by atoms with van der Waals surface area (Å²) in [6.45, 7) is 10.2. The summed E-state index contributed by atoms with van der Waals surface area (Å²) in [5.74, 6) is -2.05. The predicted octanol–water partition coefficient (Wildman–Crippen LogP) is 1.89. The maximum absolute atomic E-state index is 12.6. The average molecular weight is 452 g/mol. The van der Waals surface area contributed by atoms with E-state index in [2.05, 4.69) is 20.7 Å². The van der Waals surface area contributed by atoms with Crippen LogP contribution in [0.2, 0.25) is 0 Å². The van der Waals surface area contributed by atoms with Crippen LogP contribution in [0.5, 0.6) is 0 Å². The minimum Gasteiger partial charge on any atom is -0.467 e. The molecule has 0 saturated carbocycles. The van der Waals surface area contributed by atoms with Gasteiger partial charge >= 0.3 is 12.1 Å². The van der Waals surface area contributed by atoms with Crippen molar-refractivity contribution in [1.82, 2.24) is 10.6 Å². The third kappa shape index (κ3) is 8.54. The maximum atomic E-state index is 12.6. The Labute approximate surface area is 188 Å². The van der Waals surface area contributed by atoms with Crippen LogP contribution in [0.4, 0.5) is 10.5 Å². The Kier molecular flexibility index (Phi) is 9.64. The van der Waals surface area contributed by atoms with Crippen LogP contribution in [-0.4, -0.2) is 53.8 Å².